The van der Waals surface area contributed by atoms with Crippen LogP contribution in [0.25, 0.3) is 0 Å². The quantitative estimate of drug-likeness (QED) is 0.746. The monoisotopic (exact) mass is 247 g/mol. The number of ketones is 1. The predicted molar refractivity (Wildman–Crippen MR) is 70.9 cm³/mol. The average molecular weight is 247 g/mol. The summed E-state index contributed by atoms with van der Waals surface area (Å²) in [5.74, 6) is 1.43. The van der Waals surface area contributed by atoms with Gasteiger partial charge in [-0.15, -0.1) is 0 Å². The van der Waals surface area contributed by atoms with Crippen molar-refractivity contribution in [3.8, 4) is 5.75 Å². The molecule has 1 aliphatic rings. The standard InChI is InChI=1S/C15H21NO2/c1-18-14-8-5-11-16-15(14)13(17)10-9-12-6-3-2-4-7-12/h5,8,11-12H,2-4,6-7,9-10H2,1H3. The number of carbonyl (C=O) groups excluding carboxylic acids is 1. The van der Waals surface area contributed by atoms with Crippen LogP contribution >= 0.6 is 0 Å². The summed E-state index contributed by atoms with van der Waals surface area (Å²) in [5, 5.41) is 0. The van der Waals surface area contributed by atoms with Gasteiger partial charge in [-0.05, 0) is 24.5 Å². The van der Waals surface area contributed by atoms with E-state index in [2.05, 4.69) is 4.98 Å². The van der Waals surface area contributed by atoms with Crippen LogP contribution in [0.3, 0.4) is 0 Å². The second kappa shape index (κ2) is 6.53. The van der Waals surface area contributed by atoms with E-state index in [1.165, 1.54) is 32.1 Å². The second-order valence-corrected chi connectivity index (χ2v) is 5.02. The van der Waals surface area contributed by atoms with Gasteiger partial charge in [0.05, 0.1) is 7.11 Å². The first-order chi connectivity index (χ1) is 8.81. The van der Waals surface area contributed by atoms with Gasteiger partial charge in [-0.25, -0.2) is 4.98 Å². The first-order valence-corrected chi connectivity index (χ1v) is 6.83. The maximum atomic E-state index is 12.1. The van der Waals surface area contributed by atoms with Gasteiger partial charge < -0.3 is 4.74 Å². The Morgan fingerprint density at radius 3 is 2.89 bits per heavy atom. The van der Waals surface area contributed by atoms with Gasteiger partial charge in [0.1, 0.15) is 11.4 Å². The molecule has 0 unspecified atom stereocenters. The summed E-state index contributed by atoms with van der Waals surface area (Å²) in [7, 11) is 1.58. The minimum Gasteiger partial charge on any atom is -0.494 e. The molecule has 1 fully saturated rings. The molecule has 0 N–H and O–H groups in total. The molecule has 0 spiro atoms. The van der Waals surface area contributed by atoms with Crippen molar-refractivity contribution in [3.63, 3.8) is 0 Å². The zero-order valence-electron chi connectivity index (χ0n) is 11.0. The van der Waals surface area contributed by atoms with Crippen molar-refractivity contribution < 1.29 is 9.53 Å². The molecule has 0 saturated heterocycles. The summed E-state index contributed by atoms with van der Waals surface area (Å²) in [6.07, 6.45) is 9.82. The van der Waals surface area contributed by atoms with Crippen LogP contribution in [0, 0.1) is 5.92 Å². The highest BCUT2D eigenvalue weighted by Crippen LogP contribution is 2.28. The lowest BCUT2D eigenvalue weighted by atomic mass is 9.85. The Labute approximate surface area is 109 Å². The first kappa shape index (κ1) is 13.1. The number of ether oxygens (including phenoxy) is 1. The highest BCUT2D eigenvalue weighted by molar-refractivity contribution is 5.96. The fourth-order valence-electron chi connectivity index (χ4n) is 2.69. The minimum absolute atomic E-state index is 0.109. The lowest BCUT2D eigenvalue weighted by Gasteiger charge is -2.20. The molecule has 0 bridgehead atoms. The van der Waals surface area contributed by atoms with Crippen LogP contribution in [-0.4, -0.2) is 17.9 Å². The van der Waals surface area contributed by atoms with Crippen LogP contribution in [-0.2, 0) is 0 Å². The number of nitrogens with zero attached hydrogens (tertiary/aromatic N) is 1. The van der Waals surface area contributed by atoms with E-state index < -0.39 is 0 Å². The van der Waals surface area contributed by atoms with E-state index in [0.29, 0.717) is 17.9 Å². The Morgan fingerprint density at radius 1 is 1.39 bits per heavy atom. The smallest absolute Gasteiger partial charge is 0.184 e. The Morgan fingerprint density at radius 2 is 2.17 bits per heavy atom. The number of rotatable bonds is 5. The summed E-state index contributed by atoms with van der Waals surface area (Å²) in [5.41, 5.74) is 0.482. The van der Waals surface area contributed by atoms with Crippen LogP contribution < -0.4 is 4.74 Å². The molecule has 0 amide bonds. The molecule has 0 radical (unpaired) electrons. The third-order valence-corrected chi connectivity index (χ3v) is 3.76. The number of pyridine rings is 1. The molecular formula is C15H21NO2. The highest BCUT2D eigenvalue weighted by atomic mass is 16.5. The van der Waals surface area contributed by atoms with Crippen molar-refractivity contribution in [2.75, 3.05) is 7.11 Å². The molecule has 18 heavy (non-hydrogen) atoms. The van der Waals surface area contributed by atoms with Gasteiger partial charge in [-0.3, -0.25) is 4.79 Å². The maximum absolute atomic E-state index is 12.1. The fourth-order valence-corrected chi connectivity index (χ4v) is 2.69. The van der Waals surface area contributed by atoms with Gasteiger partial charge in [0.15, 0.2) is 5.78 Å². The van der Waals surface area contributed by atoms with Crippen molar-refractivity contribution in [2.45, 2.75) is 44.9 Å². The number of methoxy groups -OCH3 is 1. The molecule has 98 valence electrons. The van der Waals surface area contributed by atoms with E-state index in [0.717, 1.165) is 12.3 Å². The maximum Gasteiger partial charge on any atom is 0.184 e. The van der Waals surface area contributed by atoms with Crippen LogP contribution in [0.15, 0.2) is 18.3 Å². The third-order valence-electron chi connectivity index (χ3n) is 3.76. The Bertz CT molecular complexity index is 397. The second-order valence-electron chi connectivity index (χ2n) is 5.02. The van der Waals surface area contributed by atoms with Gasteiger partial charge in [-0.1, -0.05) is 32.1 Å². The van der Waals surface area contributed by atoms with Gasteiger partial charge >= 0.3 is 0 Å². The van der Waals surface area contributed by atoms with Gasteiger partial charge in [-0.2, -0.15) is 0 Å². The molecule has 0 aromatic carbocycles. The first-order valence-electron chi connectivity index (χ1n) is 6.83. The van der Waals surface area contributed by atoms with Crippen molar-refractivity contribution in [2.24, 2.45) is 5.92 Å². The largest absolute Gasteiger partial charge is 0.494 e. The summed E-state index contributed by atoms with van der Waals surface area (Å²) < 4.78 is 5.17. The van der Waals surface area contributed by atoms with Gasteiger partial charge in [0.2, 0.25) is 0 Å². The van der Waals surface area contributed by atoms with Crippen molar-refractivity contribution in [3.05, 3.63) is 24.0 Å². The predicted octanol–water partition coefficient (Wildman–Crippen LogP) is 3.63. The Kier molecular flexibility index (Phi) is 4.73. The van der Waals surface area contributed by atoms with E-state index in [-0.39, 0.29) is 5.78 Å². The zero-order chi connectivity index (χ0) is 12.8. The average Bonchev–Trinajstić information content (AvgIpc) is 2.45. The summed E-state index contributed by atoms with van der Waals surface area (Å²) >= 11 is 0. The fraction of sp³-hybridized carbons (Fsp3) is 0.600. The van der Waals surface area contributed by atoms with E-state index in [1.807, 2.05) is 0 Å². The molecular weight excluding hydrogens is 226 g/mol. The number of carbonyl (C=O) groups is 1. The van der Waals surface area contributed by atoms with E-state index >= 15 is 0 Å². The van der Waals surface area contributed by atoms with E-state index in [9.17, 15) is 4.79 Å². The lowest BCUT2D eigenvalue weighted by molar-refractivity contribution is 0.0962. The Balaban J connectivity index is 1.90. The molecule has 1 saturated carbocycles. The summed E-state index contributed by atoms with van der Waals surface area (Å²) in [6, 6.07) is 3.58. The number of aromatic nitrogens is 1. The van der Waals surface area contributed by atoms with Gasteiger partial charge in [0.25, 0.3) is 0 Å². The number of hydrogen-bond acceptors (Lipinski definition) is 3. The highest BCUT2D eigenvalue weighted by Gasteiger charge is 2.18. The summed E-state index contributed by atoms with van der Waals surface area (Å²) in [4.78, 5) is 16.3. The zero-order valence-corrected chi connectivity index (χ0v) is 11.0. The number of hydrogen-bond donors (Lipinski definition) is 0. The molecule has 2 rings (SSSR count). The van der Waals surface area contributed by atoms with Crippen LogP contribution in [0.4, 0.5) is 0 Å². The van der Waals surface area contributed by atoms with Crippen LogP contribution in [0.5, 0.6) is 5.75 Å². The summed E-state index contributed by atoms with van der Waals surface area (Å²) in [6.45, 7) is 0. The molecule has 1 aliphatic carbocycles. The van der Waals surface area contributed by atoms with Crippen LogP contribution in [0.1, 0.15) is 55.4 Å². The lowest BCUT2D eigenvalue weighted by Crippen LogP contribution is -2.10. The van der Waals surface area contributed by atoms with Crippen LogP contribution in [0.2, 0.25) is 0 Å². The number of Topliss-reactive ketones (excluding diaryl/α,β-unsaturated/α-hetero) is 1. The van der Waals surface area contributed by atoms with Crippen molar-refractivity contribution >= 4 is 5.78 Å². The third kappa shape index (κ3) is 3.31. The van der Waals surface area contributed by atoms with E-state index in [4.69, 9.17) is 4.74 Å². The molecule has 1 heterocycles. The molecule has 1 aromatic rings. The molecule has 0 atom stereocenters. The normalized spacial score (nSPS) is 16.5. The SMILES string of the molecule is COc1cccnc1C(=O)CCC1CCCCC1. The Hall–Kier alpha value is -1.38. The van der Waals surface area contributed by atoms with E-state index in [1.54, 1.807) is 25.4 Å². The van der Waals surface area contributed by atoms with Gasteiger partial charge in [0, 0.05) is 12.6 Å². The molecule has 3 heteroatoms. The molecule has 1 aromatic heterocycles. The topological polar surface area (TPSA) is 39.2 Å². The van der Waals surface area contributed by atoms with Crippen molar-refractivity contribution in [1.29, 1.82) is 0 Å². The molecule has 3 nitrogen and oxygen atoms in total. The minimum atomic E-state index is 0.109. The van der Waals surface area contributed by atoms with Crippen molar-refractivity contribution in [1.82, 2.24) is 4.98 Å². The molecule has 0 aliphatic heterocycles.